The van der Waals surface area contributed by atoms with Crippen molar-refractivity contribution in [3.63, 3.8) is 0 Å². The van der Waals surface area contributed by atoms with E-state index in [4.69, 9.17) is 11.6 Å². The van der Waals surface area contributed by atoms with Crippen LogP contribution in [0.2, 0.25) is 5.02 Å². The fraction of sp³-hybridized carbons (Fsp3) is 0.562. The van der Waals surface area contributed by atoms with E-state index in [1.807, 2.05) is 0 Å². The maximum absolute atomic E-state index is 14.0. The first kappa shape index (κ1) is 14.8. The van der Waals surface area contributed by atoms with Crippen LogP contribution in [0.25, 0.3) is 0 Å². The summed E-state index contributed by atoms with van der Waals surface area (Å²) in [5.74, 6) is 0.254. The first-order chi connectivity index (χ1) is 10.1. The predicted octanol–water partition coefficient (Wildman–Crippen LogP) is 2.97. The second-order valence-corrected chi connectivity index (χ2v) is 6.47. The van der Waals surface area contributed by atoms with Crippen molar-refractivity contribution in [1.82, 2.24) is 10.2 Å². The van der Waals surface area contributed by atoms with Crippen molar-refractivity contribution in [3.8, 4) is 0 Å². The Morgan fingerprint density at radius 1 is 1.38 bits per heavy atom. The van der Waals surface area contributed by atoms with Gasteiger partial charge in [0.2, 0.25) is 5.91 Å². The zero-order valence-electron chi connectivity index (χ0n) is 11.9. The van der Waals surface area contributed by atoms with Gasteiger partial charge < -0.3 is 5.32 Å². The standard InChI is InChI=1S/C16H20ClFN2O/c17-13-5-4-11(14(18)8-13)10-20-6-2-1-3-15(20)12-7-16(21)19-9-12/h4-5,8,12,15H,1-3,6-7,9-10H2,(H,19,21)/t12-,15-/m0/s1. The van der Waals surface area contributed by atoms with Gasteiger partial charge in [0, 0.05) is 42.1 Å². The van der Waals surface area contributed by atoms with Gasteiger partial charge in [-0.2, -0.15) is 0 Å². The largest absolute Gasteiger partial charge is 0.356 e. The van der Waals surface area contributed by atoms with Crippen LogP contribution in [0.15, 0.2) is 18.2 Å². The van der Waals surface area contributed by atoms with E-state index in [-0.39, 0.29) is 11.7 Å². The Balaban J connectivity index is 1.73. The van der Waals surface area contributed by atoms with Gasteiger partial charge in [0.15, 0.2) is 0 Å². The van der Waals surface area contributed by atoms with Gasteiger partial charge in [0.25, 0.3) is 0 Å². The average Bonchev–Trinajstić information content (AvgIpc) is 2.89. The van der Waals surface area contributed by atoms with Gasteiger partial charge in [0.1, 0.15) is 5.82 Å². The molecule has 2 aliphatic rings. The fourth-order valence-electron chi connectivity index (χ4n) is 3.52. The second kappa shape index (κ2) is 6.32. The van der Waals surface area contributed by atoms with Gasteiger partial charge in [0.05, 0.1) is 0 Å². The molecule has 5 heteroatoms. The van der Waals surface area contributed by atoms with Crippen LogP contribution in [-0.2, 0) is 11.3 Å². The summed E-state index contributed by atoms with van der Waals surface area (Å²) in [4.78, 5) is 13.8. The van der Waals surface area contributed by atoms with Gasteiger partial charge in [-0.15, -0.1) is 0 Å². The molecule has 0 saturated carbocycles. The molecule has 1 amide bonds. The lowest BCUT2D eigenvalue weighted by atomic mass is 9.89. The molecule has 2 fully saturated rings. The van der Waals surface area contributed by atoms with Crippen molar-refractivity contribution in [2.24, 2.45) is 5.92 Å². The summed E-state index contributed by atoms with van der Waals surface area (Å²) in [5.41, 5.74) is 0.684. The van der Waals surface area contributed by atoms with E-state index in [1.165, 1.54) is 12.5 Å². The van der Waals surface area contributed by atoms with Crippen LogP contribution in [0.5, 0.6) is 0 Å². The molecule has 0 aliphatic carbocycles. The molecule has 2 aliphatic heterocycles. The normalized spacial score (nSPS) is 26.9. The van der Waals surface area contributed by atoms with Crippen LogP contribution in [0.1, 0.15) is 31.2 Å². The van der Waals surface area contributed by atoms with E-state index >= 15 is 0 Å². The lowest BCUT2D eigenvalue weighted by Gasteiger charge is -2.38. The Morgan fingerprint density at radius 3 is 2.95 bits per heavy atom. The highest BCUT2D eigenvalue weighted by Crippen LogP contribution is 2.29. The van der Waals surface area contributed by atoms with Gasteiger partial charge in [-0.05, 0) is 31.5 Å². The summed E-state index contributed by atoms with van der Waals surface area (Å²) < 4.78 is 14.0. The highest BCUT2D eigenvalue weighted by Gasteiger charge is 2.34. The van der Waals surface area contributed by atoms with Crippen LogP contribution in [0, 0.1) is 11.7 Å². The highest BCUT2D eigenvalue weighted by atomic mass is 35.5. The first-order valence-electron chi connectivity index (χ1n) is 7.58. The molecule has 2 atom stereocenters. The zero-order valence-corrected chi connectivity index (χ0v) is 12.7. The number of nitrogens with one attached hydrogen (secondary N) is 1. The summed E-state index contributed by atoms with van der Waals surface area (Å²) in [7, 11) is 0. The summed E-state index contributed by atoms with van der Waals surface area (Å²) in [6.07, 6.45) is 4.02. The number of hydrogen-bond acceptors (Lipinski definition) is 2. The molecule has 1 aromatic carbocycles. The van der Waals surface area contributed by atoms with Crippen molar-refractivity contribution < 1.29 is 9.18 Å². The third kappa shape index (κ3) is 3.38. The summed E-state index contributed by atoms with van der Waals surface area (Å²) in [6.45, 7) is 2.32. The number of benzene rings is 1. The average molecular weight is 311 g/mol. The maximum Gasteiger partial charge on any atom is 0.220 e. The maximum atomic E-state index is 14.0. The van der Waals surface area contributed by atoms with Crippen LogP contribution < -0.4 is 5.32 Å². The molecule has 3 rings (SSSR count). The predicted molar refractivity (Wildman–Crippen MR) is 80.6 cm³/mol. The van der Waals surface area contributed by atoms with Crippen LogP contribution in [0.4, 0.5) is 4.39 Å². The van der Waals surface area contributed by atoms with Crippen LogP contribution >= 0.6 is 11.6 Å². The van der Waals surface area contributed by atoms with Crippen LogP contribution in [0.3, 0.4) is 0 Å². The van der Waals surface area contributed by atoms with Gasteiger partial charge in [-0.25, -0.2) is 4.39 Å². The minimum atomic E-state index is -0.243. The second-order valence-electron chi connectivity index (χ2n) is 6.04. The lowest BCUT2D eigenvalue weighted by molar-refractivity contribution is -0.119. The summed E-state index contributed by atoms with van der Waals surface area (Å²) >= 11 is 5.81. The van der Waals surface area contributed by atoms with E-state index in [2.05, 4.69) is 10.2 Å². The number of amides is 1. The van der Waals surface area contributed by atoms with E-state index < -0.39 is 0 Å². The molecule has 0 bridgehead atoms. The fourth-order valence-corrected chi connectivity index (χ4v) is 3.67. The molecule has 0 unspecified atom stereocenters. The Hall–Kier alpha value is -1.13. The molecular formula is C16H20ClFN2O. The number of carbonyl (C=O) groups excluding carboxylic acids is 1. The zero-order chi connectivity index (χ0) is 14.8. The van der Waals surface area contributed by atoms with Crippen LogP contribution in [-0.4, -0.2) is 29.9 Å². The Labute approximate surface area is 129 Å². The van der Waals surface area contributed by atoms with Crippen molar-refractivity contribution in [3.05, 3.63) is 34.6 Å². The number of hydrogen-bond donors (Lipinski definition) is 1. The third-order valence-electron chi connectivity index (χ3n) is 4.61. The van der Waals surface area contributed by atoms with Gasteiger partial charge in [-0.3, -0.25) is 9.69 Å². The molecule has 3 nitrogen and oxygen atoms in total. The molecule has 0 spiro atoms. The summed E-state index contributed by atoms with van der Waals surface area (Å²) in [5, 5.41) is 3.34. The highest BCUT2D eigenvalue weighted by molar-refractivity contribution is 6.30. The number of halogens is 2. The quantitative estimate of drug-likeness (QED) is 0.931. The number of piperidine rings is 1. The number of likely N-dealkylation sites (tertiary alicyclic amines) is 1. The molecular weight excluding hydrogens is 291 g/mol. The first-order valence-corrected chi connectivity index (χ1v) is 7.96. The number of nitrogens with zero attached hydrogens (tertiary/aromatic N) is 1. The van der Waals surface area contributed by atoms with Crippen molar-refractivity contribution in [2.75, 3.05) is 13.1 Å². The lowest BCUT2D eigenvalue weighted by Crippen LogP contribution is -2.44. The molecule has 1 N–H and O–H groups in total. The van der Waals surface area contributed by atoms with E-state index in [9.17, 15) is 9.18 Å². The molecule has 2 saturated heterocycles. The number of carbonyl (C=O) groups is 1. The summed E-state index contributed by atoms with van der Waals surface area (Å²) in [6, 6.07) is 5.24. The Bertz CT molecular complexity index is 537. The minimum absolute atomic E-state index is 0.142. The minimum Gasteiger partial charge on any atom is -0.356 e. The molecule has 21 heavy (non-hydrogen) atoms. The Kier molecular flexibility index (Phi) is 4.45. The topological polar surface area (TPSA) is 32.3 Å². The molecule has 114 valence electrons. The molecule has 2 heterocycles. The van der Waals surface area contributed by atoms with Gasteiger partial charge in [-0.1, -0.05) is 24.1 Å². The van der Waals surface area contributed by atoms with Crippen molar-refractivity contribution in [2.45, 2.75) is 38.3 Å². The third-order valence-corrected chi connectivity index (χ3v) is 4.84. The van der Waals surface area contributed by atoms with E-state index in [0.29, 0.717) is 35.5 Å². The molecule has 1 aromatic rings. The molecule has 0 aromatic heterocycles. The smallest absolute Gasteiger partial charge is 0.220 e. The van der Waals surface area contributed by atoms with Crippen molar-refractivity contribution in [1.29, 1.82) is 0 Å². The SMILES string of the molecule is O=C1C[C@H]([C@@H]2CCCCN2Cc2ccc(Cl)cc2F)CN1. The monoisotopic (exact) mass is 310 g/mol. The van der Waals surface area contributed by atoms with Gasteiger partial charge >= 0.3 is 0 Å². The van der Waals surface area contributed by atoms with Crippen molar-refractivity contribution >= 4 is 17.5 Å². The number of rotatable bonds is 3. The Morgan fingerprint density at radius 2 is 2.24 bits per heavy atom. The molecule has 0 radical (unpaired) electrons. The van der Waals surface area contributed by atoms with E-state index in [0.717, 1.165) is 25.9 Å². The van der Waals surface area contributed by atoms with E-state index in [1.54, 1.807) is 12.1 Å².